The third kappa shape index (κ3) is 4.79. The number of nitrogens with zero attached hydrogens (tertiary/aromatic N) is 3. The summed E-state index contributed by atoms with van der Waals surface area (Å²) in [7, 11) is 1.62. The Morgan fingerprint density at radius 2 is 1.86 bits per heavy atom. The van der Waals surface area contributed by atoms with Crippen molar-refractivity contribution in [2.75, 3.05) is 25.2 Å². The molecule has 1 aliphatic heterocycles. The molecule has 0 saturated carbocycles. The average Bonchev–Trinajstić information content (AvgIpc) is 3.45. The molecule has 2 heterocycles. The van der Waals surface area contributed by atoms with Gasteiger partial charge in [0, 0.05) is 24.6 Å². The van der Waals surface area contributed by atoms with Crippen molar-refractivity contribution in [3.8, 4) is 11.5 Å². The van der Waals surface area contributed by atoms with Gasteiger partial charge in [0.25, 0.3) is 0 Å². The van der Waals surface area contributed by atoms with Crippen molar-refractivity contribution in [3.05, 3.63) is 83.7 Å². The van der Waals surface area contributed by atoms with Crippen LogP contribution in [0.4, 0.5) is 5.69 Å². The molecule has 0 spiro atoms. The molecule has 1 amide bonds. The SMILES string of the molecule is COc1ccc(N2C[C@@H](c3nc4ccccc4n3C[C@@H](O)COc3cc(C)ccc3C)CC2=O)cc1. The summed E-state index contributed by atoms with van der Waals surface area (Å²) in [6.45, 7) is 5.04. The molecule has 0 bridgehead atoms. The van der Waals surface area contributed by atoms with Crippen molar-refractivity contribution >= 4 is 22.6 Å². The van der Waals surface area contributed by atoms with E-state index in [0.717, 1.165) is 45.2 Å². The summed E-state index contributed by atoms with van der Waals surface area (Å²) in [5, 5.41) is 10.9. The minimum Gasteiger partial charge on any atom is -0.497 e. The Balaban J connectivity index is 1.37. The maximum absolute atomic E-state index is 13.0. The molecule has 0 aliphatic carbocycles. The van der Waals surface area contributed by atoms with Gasteiger partial charge in [-0.1, -0.05) is 24.3 Å². The van der Waals surface area contributed by atoms with E-state index in [-0.39, 0.29) is 18.4 Å². The summed E-state index contributed by atoms with van der Waals surface area (Å²) >= 11 is 0. The van der Waals surface area contributed by atoms with Crippen LogP contribution >= 0.6 is 0 Å². The lowest BCUT2D eigenvalue weighted by Gasteiger charge is -2.19. The van der Waals surface area contributed by atoms with Gasteiger partial charge in [0.1, 0.15) is 30.0 Å². The van der Waals surface area contributed by atoms with Crippen molar-refractivity contribution in [2.45, 2.75) is 38.8 Å². The third-order valence-electron chi connectivity index (χ3n) is 6.73. The monoisotopic (exact) mass is 485 g/mol. The van der Waals surface area contributed by atoms with E-state index in [0.29, 0.717) is 19.5 Å². The van der Waals surface area contributed by atoms with Gasteiger partial charge < -0.3 is 24.0 Å². The van der Waals surface area contributed by atoms with Crippen LogP contribution in [0.1, 0.15) is 29.3 Å². The zero-order chi connectivity index (χ0) is 25.2. The molecular formula is C29H31N3O4. The molecule has 7 nitrogen and oxygen atoms in total. The van der Waals surface area contributed by atoms with E-state index in [1.165, 1.54) is 0 Å². The minimum atomic E-state index is -0.740. The van der Waals surface area contributed by atoms with Crippen molar-refractivity contribution < 1.29 is 19.4 Å². The normalized spacial score (nSPS) is 16.5. The number of fused-ring (bicyclic) bond motifs is 1. The highest BCUT2D eigenvalue weighted by atomic mass is 16.5. The second kappa shape index (κ2) is 10.0. The molecule has 1 N–H and O–H groups in total. The van der Waals surface area contributed by atoms with Crippen molar-refractivity contribution in [3.63, 3.8) is 0 Å². The number of para-hydroxylation sites is 2. The zero-order valence-electron chi connectivity index (χ0n) is 20.8. The first-order valence-corrected chi connectivity index (χ1v) is 12.2. The van der Waals surface area contributed by atoms with Gasteiger partial charge in [0.2, 0.25) is 5.91 Å². The van der Waals surface area contributed by atoms with Gasteiger partial charge in [-0.05, 0) is 67.4 Å². The Morgan fingerprint density at radius 3 is 2.64 bits per heavy atom. The first-order chi connectivity index (χ1) is 17.4. The van der Waals surface area contributed by atoms with Crippen LogP contribution in [0.25, 0.3) is 11.0 Å². The smallest absolute Gasteiger partial charge is 0.227 e. The van der Waals surface area contributed by atoms with E-state index >= 15 is 0 Å². The van der Waals surface area contributed by atoms with Crippen molar-refractivity contribution in [1.82, 2.24) is 9.55 Å². The number of rotatable bonds is 8. The first kappa shape index (κ1) is 23.9. The fraction of sp³-hybridized carbons (Fsp3) is 0.310. The number of imidazole rings is 1. The maximum atomic E-state index is 13.0. The lowest BCUT2D eigenvalue weighted by Crippen LogP contribution is -2.26. The number of aliphatic hydroxyl groups is 1. The molecule has 0 unspecified atom stereocenters. The number of carbonyl (C=O) groups is 1. The predicted molar refractivity (Wildman–Crippen MR) is 140 cm³/mol. The van der Waals surface area contributed by atoms with E-state index in [2.05, 4.69) is 0 Å². The minimum absolute atomic E-state index is 0.0579. The van der Waals surface area contributed by atoms with Gasteiger partial charge >= 0.3 is 0 Å². The number of amides is 1. The van der Waals surface area contributed by atoms with E-state index in [1.54, 1.807) is 12.0 Å². The summed E-state index contributed by atoms with van der Waals surface area (Å²) in [6.07, 6.45) is -0.374. The second-order valence-corrected chi connectivity index (χ2v) is 9.41. The molecule has 1 aliphatic rings. The van der Waals surface area contributed by atoms with Crippen LogP contribution in [0.5, 0.6) is 11.5 Å². The van der Waals surface area contributed by atoms with Crippen LogP contribution < -0.4 is 14.4 Å². The highest BCUT2D eigenvalue weighted by molar-refractivity contribution is 5.96. The lowest BCUT2D eigenvalue weighted by molar-refractivity contribution is -0.117. The summed E-state index contributed by atoms with van der Waals surface area (Å²) in [5.74, 6) is 2.31. The largest absolute Gasteiger partial charge is 0.497 e. The van der Waals surface area contributed by atoms with Crippen molar-refractivity contribution in [2.24, 2.45) is 0 Å². The average molecular weight is 486 g/mol. The van der Waals surface area contributed by atoms with Crippen LogP contribution in [0.3, 0.4) is 0 Å². The number of ether oxygens (including phenoxy) is 2. The molecule has 1 fully saturated rings. The summed E-state index contributed by atoms with van der Waals surface area (Å²) in [6, 6.07) is 21.4. The zero-order valence-corrected chi connectivity index (χ0v) is 20.8. The van der Waals surface area contributed by atoms with Crippen LogP contribution in [0, 0.1) is 13.8 Å². The topological polar surface area (TPSA) is 76.8 Å². The first-order valence-electron chi connectivity index (χ1n) is 12.2. The highest BCUT2D eigenvalue weighted by Gasteiger charge is 2.35. The molecule has 1 saturated heterocycles. The van der Waals surface area contributed by atoms with E-state index in [1.807, 2.05) is 85.1 Å². The number of aromatic nitrogens is 2. The summed E-state index contributed by atoms with van der Waals surface area (Å²) < 4.78 is 13.2. The van der Waals surface area contributed by atoms with Crippen LogP contribution in [0.2, 0.25) is 0 Å². The maximum Gasteiger partial charge on any atom is 0.227 e. The molecule has 0 radical (unpaired) electrons. The van der Waals surface area contributed by atoms with Crippen LogP contribution in [0.15, 0.2) is 66.7 Å². The summed E-state index contributed by atoms with van der Waals surface area (Å²) in [5.41, 5.74) is 4.78. The number of hydrogen-bond donors (Lipinski definition) is 1. The number of anilines is 1. The van der Waals surface area contributed by atoms with Gasteiger partial charge in [0.05, 0.1) is 24.7 Å². The highest BCUT2D eigenvalue weighted by Crippen LogP contribution is 2.34. The van der Waals surface area contributed by atoms with Crippen LogP contribution in [-0.2, 0) is 11.3 Å². The number of carbonyl (C=O) groups excluding carboxylic acids is 1. The molecule has 186 valence electrons. The number of methoxy groups -OCH3 is 1. The quantitative estimate of drug-likeness (QED) is 0.394. The van der Waals surface area contributed by atoms with E-state index in [9.17, 15) is 9.90 Å². The lowest BCUT2D eigenvalue weighted by atomic mass is 10.1. The van der Waals surface area contributed by atoms with Gasteiger partial charge in [-0.3, -0.25) is 4.79 Å². The molecule has 5 rings (SSSR count). The standard InChI is InChI=1S/C29H31N3O4/c1-19-8-9-20(2)27(14-19)36-18-23(33)17-32-26-7-5-4-6-25(26)30-29(32)21-15-28(34)31(16-21)22-10-12-24(35-3)13-11-22/h4-14,21,23,33H,15-18H2,1-3H3/t21-,23+/m0/s1. The Morgan fingerprint density at radius 1 is 1.08 bits per heavy atom. The molecule has 7 heteroatoms. The predicted octanol–water partition coefficient (Wildman–Crippen LogP) is 4.62. The Kier molecular flexibility index (Phi) is 6.65. The number of aliphatic hydroxyl groups excluding tert-OH is 1. The Hall–Kier alpha value is -3.84. The second-order valence-electron chi connectivity index (χ2n) is 9.41. The molecule has 3 aromatic carbocycles. The summed E-state index contributed by atoms with van der Waals surface area (Å²) in [4.78, 5) is 19.7. The Labute approximate surface area is 210 Å². The fourth-order valence-corrected chi connectivity index (χ4v) is 4.80. The van der Waals surface area contributed by atoms with Crippen LogP contribution in [-0.4, -0.2) is 46.9 Å². The molecule has 1 aromatic heterocycles. The van der Waals surface area contributed by atoms with Gasteiger partial charge in [-0.2, -0.15) is 0 Å². The number of aryl methyl sites for hydroxylation is 2. The third-order valence-corrected chi connectivity index (χ3v) is 6.73. The van der Waals surface area contributed by atoms with Gasteiger partial charge in [0.15, 0.2) is 0 Å². The fourth-order valence-electron chi connectivity index (χ4n) is 4.80. The molecular weight excluding hydrogens is 454 g/mol. The van der Waals surface area contributed by atoms with E-state index < -0.39 is 6.10 Å². The Bertz CT molecular complexity index is 1380. The van der Waals surface area contributed by atoms with Gasteiger partial charge in [-0.15, -0.1) is 0 Å². The number of hydrogen-bond acceptors (Lipinski definition) is 5. The molecule has 36 heavy (non-hydrogen) atoms. The van der Waals surface area contributed by atoms with Gasteiger partial charge in [-0.25, -0.2) is 4.98 Å². The molecule has 4 aromatic rings. The van der Waals surface area contributed by atoms with Crippen molar-refractivity contribution in [1.29, 1.82) is 0 Å². The molecule has 2 atom stereocenters. The number of benzene rings is 3. The van der Waals surface area contributed by atoms with E-state index in [4.69, 9.17) is 14.5 Å².